The van der Waals surface area contributed by atoms with E-state index in [2.05, 4.69) is 42.2 Å². The number of hydrogen-bond acceptors (Lipinski definition) is 1. The lowest BCUT2D eigenvalue weighted by Gasteiger charge is -2.55. The van der Waals surface area contributed by atoms with Crippen molar-refractivity contribution in [2.24, 2.45) is 5.92 Å². The Kier molecular flexibility index (Phi) is 2.96. The van der Waals surface area contributed by atoms with E-state index in [0.717, 1.165) is 12.5 Å². The van der Waals surface area contributed by atoms with Crippen LogP contribution in [0.3, 0.4) is 0 Å². The Morgan fingerprint density at radius 3 is 2.65 bits per heavy atom. The average molecular weight is 229 g/mol. The summed E-state index contributed by atoms with van der Waals surface area (Å²) in [5.74, 6) is 0.933. The van der Waals surface area contributed by atoms with Crippen molar-refractivity contribution >= 4 is 0 Å². The largest absolute Gasteiger partial charge is 0.293 e. The maximum atomic E-state index is 2.77. The summed E-state index contributed by atoms with van der Waals surface area (Å²) in [6, 6.07) is 11.0. The summed E-state index contributed by atoms with van der Waals surface area (Å²) < 4.78 is 0. The molecule has 17 heavy (non-hydrogen) atoms. The predicted octanol–water partition coefficient (Wildman–Crippen LogP) is 3.84. The minimum atomic E-state index is 0.577. The SMILES string of the molecule is C[C@@H]1CCN(Cc2ccccc2)C2(CCC2)C1. The second-order valence-electron chi connectivity index (χ2n) is 6.08. The summed E-state index contributed by atoms with van der Waals surface area (Å²) in [6.07, 6.45) is 7.13. The fourth-order valence-electron chi connectivity index (χ4n) is 3.65. The lowest BCUT2D eigenvalue weighted by atomic mass is 9.67. The summed E-state index contributed by atoms with van der Waals surface area (Å²) in [7, 11) is 0. The van der Waals surface area contributed by atoms with E-state index in [0.29, 0.717) is 5.54 Å². The van der Waals surface area contributed by atoms with Crippen LogP contribution in [0, 0.1) is 5.92 Å². The van der Waals surface area contributed by atoms with Crippen molar-refractivity contribution in [1.82, 2.24) is 4.90 Å². The fourth-order valence-corrected chi connectivity index (χ4v) is 3.65. The Labute approximate surface area is 105 Å². The van der Waals surface area contributed by atoms with Gasteiger partial charge in [-0.3, -0.25) is 4.90 Å². The molecule has 0 amide bonds. The van der Waals surface area contributed by atoms with E-state index in [1.807, 2.05) is 0 Å². The highest BCUT2D eigenvalue weighted by Gasteiger charge is 2.45. The van der Waals surface area contributed by atoms with Gasteiger partial charge in [-0.1, -0.05) is 37.3 Å². The molecule has 0 unspecified atom stereocenters. The molecular formula is C16H23N. The minimum absolute atomic E-state index is 0.577. The third-order valence-electron chi connectivity index (χ3n) is 4.79. The van der Waals surface area contributed by atoms with Crippen LogP contribution in [0.2, 0.25) is 0 Å². The smallest absolute Gasteiger partial charge is 0.0239 e. The van der Waals surface area contributed by atoms with Gasteiger partial charge in [0.15, 0.2) is 0 Å². The van der Waals surface area contributed by atoms with E-state index in [-0.39, 0.29) is 0 Å². The summed E-state index contributed by atoms with van der Waals surface area (Å²) >= 11 is 0. The van der Waals surface area contributed by atoms with Crippen LogP contribution in [0.15, 0.2) is 30.3 Å². The van der Waals surface area contributed by atoms with Gasteiger partial charge in [-0.2, -0.15) is 0 Å². The van der Waals surface area contributed by atoms with Crippen LogP contribution in [0.25, 0.3) is 0 Å². The molecule has 1 heterocycles. The van der Waals surface area contributed by atoms with E-state index in [1.54, 1.807) is 0 Å². The lowest BCUT2D eigenvalue weighted by molar-refractivity contribution is -0.0404. The zero-order valence-corrected chi connectivity index (χ0v) is 10.9. The molecule has 1 saturated heterocycles. The molecule has 1 aliphatic carbocycles. The number of likely N-dealkylation sites (tertiary alicyclic amines) is 1. The highest BCUT2D eigenvalue weighted by Crippen LogP contribution is 2.46. The van der Waals surface area contributed by atoms with Gasteiger partial charge in [0.2, 0.25) is 0 Å². The number of benzene rings is 1. The second kappa shape index (κ2) is 4.45. The standard InChI is InChI=1S/C16H23N/c1-14-8-11-17(16(12-14)9-5-10-16)13-15-6-3-2-4-7-15/h2-4,6-7,14H,5,8-13H2,1H3/t14-/m1/s1. The van der Waals surface area contributed by atoms with Crippen LogP contribution in [0.1, 0.15) is 44.6 Å². The Morgan fingerprint density at radius 2 is 2.00 bits per heavy atom. The van der Waals surface area contributed by atoms with Crippen molar-refractivity contribution in [2.75, 3.05) is 6.54 Å². The second-order valence-corrected chi connectivity index (χ2v) is 6.08. The van der Waals surface area contributed by atoms with Crippen molar-refractivity contribution in [3.8, 4) is 0 Å². The summed E-state index contributed by atoms with van der Waals surface area (Å²) in [5, 5.41) is 0. The van der Waals surface area contributed by atoms with Crippen LogP contribution in [-0.4, -0.2) is 17.0 Å². The molecule has 1 nitrogen and oxygen atoms in total. The Balaban J connectivity index is 1.73. The highest BCUT2D eigenvalue weighted by atomic mass is 15.2. The molecule has 1 spiro atoms. The molecule has 3 rings (SSSR count). The van der Waals surface area contributed by atoms with Crippen LogP contribution in [0.4, 0.5) is 0 Å². The zero-order valence-electron chi connectivity index (χ0n) is 10.9. The molecule has 2 aliphatic rings. The average Bonchev–Trinajstić information content (AvgIpc) is 2.31. The van der Waals surface area contributed by atoms with E-state index in [9.17, 15) is 0 Å². The van der Waals surface area contributed by atoms with E-state index >= 15 is 0 Å². The molecule has 1 aromatic rings. The number of rotatable bonds is 2. The molecular weight excluding hydrogens is 206 g/mol. The molecule has 0 radical (unpaired) electrons. The van der Waals surface area contributed by atoms with Crippen molar-refractivity contribution in [3.05, 3.63) is 35.9 Å². The number of piperidine rings is 1. The molecule has 1 aromatic carbocycles. The van der Waals surface area contributed by atoms with Gasteiger partial charge in [-0.25, -0.2) is 0 Å². The molecule has 0 aromatic heterocycles. The van der Waals surface area contributed by atoms with Crippen molar-refractivity contribution in [2.45, 2.75) is 51.1 Å². The van der Waals surface area contributed by atoms with Gasteiger partial charge in [0.05, 0.1) is 0 Å². The zero-order chi connectivity index (χ0) is 11.7. The first-order valence-electron chi connectivity index (χ1n) is 7.07. The van der Waals surface area contributed by atoms with Gasteiger partial charge in [0, 0.05) is 12.1 Å². The molecule has 1 aliphatic heterocycles. The molecule has 1 heteroatoms. The van der Waals surface area contributed by atoms with Crippen LogP contribution in [-0.2, 0) is 6.54 Å². The molecule has 2 fully saturated rings. The quantitative estimate of drug-likeness (QED) is 0.744. The third kappa shape index (κ3) is 2.13. The van der Waals surface area contributed by atoms with E-state index in [4.69, 9.17) is 0 Å². The fraction of sp³-hybridized carbons (Fsp3) is 0.625. The lowest BCUT2D eigenvalue weighted by Crippen LogP contribution is -2.57. The van der Waals surface area contributed by atoms with Crippen LogP contribution >= 0.6 is 0 Å². The third-order valence-corrected chi connectivity index (χ3v) is 4.79. The first-order chi connectivity index (χ1) is 8.28. The molecule has 0 bridgehead atoms. The first kappa shape index (κ1) is 11.3. The summed E-state index contributed by atoms with van der Waals surface area (Å²) in [5.41, 5.74) is 2.06. The van der Waals surface area contributed by atoms with Crippen molar-refractivity contribution in [3.63, 3.8) is 0 Å². The first-order valence-corrected chi connectivity index (χ1v) is 7.07. The Morgan fingerprint density at radius 1 is 1.24 bits per heavy atom. The molecule has 0 N–H and O–H groups in total. The molecule has 1 atom stereocenters. The molecule has 1 saturated carbocycles. The van der Waals surface area contributed by atoms with Crippen LogP contribution < -0.4 is 0 Å². The Bertz CT molecular complexity index is 366. The minimum Gasteiger partial charge on any atom is -0.293 e. The van der Waals surface area contributed by atoms with Crippen molar-refractivity contribution in [1.29, 1.82) is 0 Å². The van der Waals surface area contributed by atoms with Gasteiger partial charge in [-0.05, 0) is 50.1 Å². The number of nitrogens with zero attached hydrogens (tertiary/aromatic N) is 1. The van der Waals surface area contributed by atoms with Gasteiger partial charge in [0.1, 0.15) is 0 Å². The highest BCUT2D eigenvalue weighted by molar-refractivity contribution is 5.16. The topological polar surface area (TPSA) is 3.24 Å². The van der Waals surface area contributed by atoms with Gasteiger partial charge < -0.3 is 0 Å². The van der Waals surface area contributed by atoms with Gasteiger partial charge in [0.25, 0.3) is 0 Å². The summed E-state index contributed by atoms with van der Waals surface area (Å²) in [4.78, 5) is 2.77. The van der Waals surface area contributed by atoms with Crippen molar-refractivity contribution < 1.29 is 0 Å². The molecule has 92 valence electrons. The maximum Gasteiger partial charge on any atom is 0.0239 e. The van der Waals surface area contributed by atoms with E-state index < -0.39 is 0 Å². The number of hydrogen-bond donors (Lipinski definition) is 0. The Hall–Kier alpha value is -0.820. The van der Waals surface area contributed by atoms with E-state index in [1.165, 1.54) is 44.2 Å². The van der Waals surface area contributed by atoms with Crippen LogP contribution in [0.5, 0.6) is 0 Å². The van der Waals surface area contributed by atoms with Gasteiger partial charge >= 0.3 is 0 Å². The monoisotopic (exact) mass is 229 g/mol. The summed E-state index contributed by atoms with van der Waals surface area (Å²) in [6.45, 7) is 4.89. The van der Waals surface area contributed by atoms with Gasteiger partial charge in [-0.15, -0.1) is 0 Å². The normalized spacial score (nSPS) is 27.9. The maximum absolute atomic E-state index is 2.77. The predicted molar refractivity (Wildman–Crippen MR) is 71.8 cm³/mol.